The Bertz CT molecular complexity index is 497. The maximum absolute atomic E-state index is 12.6. The fourth-order valence-electron chi connectivity index (χ4n) is 1.33. The van der Waals surface area contributed by atoms with Gasteiger partial charge in [-0.3, -0.25) is 0 Å². The Morgan fingerprint density at radius 1 is 1.06 bits per heavy atom. The zero-order chi connectivity index (χ0) is 14.1. The van der Waals surface area contributed by atoms with Gasteiger partial charge in [0.2, 0.25) is 0 Å². The third kappa shape index (κ3) is 2.96. The van der Waals surface area contributed by atoms with E-state index in [4.69, 9.17) is 5.26 Å². The smallest absolute Gasteiger partial charge is 0.192 e. The van der Waals surface area contributed by atoms with Crippen LogP contribution in [0.5, 0.6) is 0 Å². The molecule has 0 bridgehead atoms. The van der Waals surface area contributed by atoms with E-state index >= 15 is 0 Å². The van der Waals surface area contributed by atoms with Gasteiger partial charge >= 0.3 is 12.4 Å². The molecule has 0 aliphatic carbocycles. The third-order valence-corrected chi connectivity index (χ3v) is 2.71. The molecule has 0 heterocycles. The van der Waals surface area contributed by atoms with Gasteiger partial charge in [0.15, 0.2) is 0 Å². The number of alkyl halides is 7. The summed E-state index contributed by atoms with van der Waals surface area (Å²) in [5.74, 6) is 0. The molecule has 0 aliphatic rings. The number of rotatable bonds is 1. The lowest BCUT2D eigenvalue weighted by Gasteiger charge is -2.15. The second kappa shape index (κ2) is 4.80. The van der Waals surface area contributed by atoms with Gasteiger partial charge in [-0.1, -0.05) is 15.9 Å². The van der Waals surface area contributed by atoms with Crippen molar-refractivity contribution in [3.05, 3.63) is 34.4 Å². The summed E-state index contributed by atoms with van der Waals surface area (Å²) in [6.07, 6.45) is -9.91. The first kappa shape index (κ1) is 14.8. The average molecular weight is 332 g/mol. The van der Waals surface area contributed by atoms with E-state index in [1.54, 1.807) is 0 Å². The highest BCUT2D eigenvalue weighted by Crippen LogP contribution is 2.39. The van der Waals surface area contributed by atoms with Crippen molar-refractivity contribution in [1.82, 2.24) is 0 Å². The number of benzene rings is 1. The second-order valence-corrected chi connectivity index (χ2v) is 3.86. The fourth-order valence-corrected chi connectivity index (χ4v) is 1.77. The molecule has 1 rings (SSSR count). The maximum Gasteiger partial charge on any atom is 0.417 e. The van der Waals surface area contributed by atoms with Crippen molar-refractivity contribution in [3.8, 4) is 6.07 Å². The Morgan fingerprint density at radius 2 is 1.61 bits per heavy atom. The molecule has 0 spiro atoms. The summed E-state index contributed by atoms with van der Waals surface area (Å²) in [5, 5.41) is 8.36. The molecule has 18 heavy (non-hydrogen) atoms. The molecule has 0 atom stereocenters. The molecule has 0 N–H and O–H groups in total. The fraction of sp³-hybridized carbons (Fsp3) is 0.300. The van der Waals surface area contributed by atoms with Gasteiger partial charge in [0, 0.05) is 5.33 Å². The summed E-state index contributed by atoms with van der Waals surface area (Å²) >= 11 is 2.77. The molecule has 0 aliphatic heterocycles. The first-order valence-electron chi connectivity index (χ1n) is 4.38. The van der Waals surface area contributed by atoms with Crippen LogP contribution >= 0.6 is 15.9 Å². The topological polar surface area (TPSA) is 23.8 Å². The van der Waals surface area contributed by atoms with Gasteiger partial charge in [-0.15, -0.1) is 0 Å². The maximum atomic E-state index is 12.6. The van der Waals surface area contributed by atoms with Gasteiger partial charge in [0.25, 0.3) is 0 Å². The van der Waals surface area contributed by atoms with E-state index in [0.29, 0.717) is 6.07 Å². The van der Waals surface area contributed by atoms with Crippen LogP contribution in [0, 0.1) is 11.3 Å². The number of hydrogen-bond donors (Lipinski definition) is 0. The van der Waals surface area contributed by atoms with Crippen molar-refractivity contribution in [2.24, 2.45) is 0 Å². The third-order valence-electron chi connectivity index (χ3n) is 2.11. The van der Waals surface area contributed by atoms with Crippen molar-refractivity contribution in [2.75, 3.05) is 0 Å². The van der Waals surface area contributed by atoms with Crippen LogP contribution < -0.4 is 0 Å². The zero-order valence-corrected chi connectivity index (χ0v) is 10.0. The highest BCUT2D eigenvalue weighted by molar-refractivity contribution is 9.08. The van der Waals surface area contributed by atoms with Crippen LogP contribution in [-0.2, 0) is 17.7 Å². The van der Waals surface area contributed by atoms with E-state index in [9.17, 15) is 26.3 Å². The Balaban J connectivity index is 3.63. The van der Waals surface area contributed by atoms with E-state index in [0.717, 1.165) is 0 Å². The van der Waals surface area contributed by atoms with E-state index in [-0.39, 0.29) is 17.0 Å². The van der Waals surface area contributed by atoms with Crippen LogP contribution in [0.1, 0.15) is 22.3 Å². The Labute approximate surface area is 106 Å². The van der Waals surface area contributed by atoms with Crippen LogP contribution in [0.25, 0.3) is 0 Å². The highest BCUT2D eigenvalue weighted by atomic mass is 79.9. The quantitative estimate of drug-likeness (QED) is 0.549. The molecular formula is C10H4BrF6N. The van der Waals surface area contributed by atoms with Crippen LogP contribution in [-0.4, -0.2) is 0 Å². The Morgan fingerprint density at radius 3 is 1.94 bits per heavy atom. The summed E-state index contributed by atoms with van der Waals surface area (Å²) < 4.78 is 75.1. The first-order valence-corrected chi connectivity index (χ1v) is 5.50. The van der Waals surface area contributed by atoms with E-state index in [1.807, 2.05) is 0 Å². The predicted molar refractivity (Wildman–Crippen MR) is 53.8 cm³/mol. The molecule has 0 unspecified atom stereocenters. The van der Waals surface area contributed by atoms with Crippen LogP contribution in [0.15, 0.2) is 12.1 Å². The molecule has 98 valence electrons. The van der Waals surface area contributed by atoms with Crippen molar-refractivity contribution in [3.63, 3.8) is 0 Å². The number of nitrogens with zero attached hydrogens (tertiary/aromatic N) is 1. The summed E-state index contributed by atoms with van der Waals surface area (Å²) in [6, 6.07) is 1.76. The molecule has 1 aromatic rings. The minimum atomic E-state index is -5.01. The second-order valence-electron chi connectivity index (χ2n) is 3.30. The Kier molecular flexibility index (Phi) is 3.96. The summed E-state index contributed by atoms with van der Waals surface area (Å²) in [4.78, 5) is 0. The predicted octanol–water partition coefficient (Wildman–Crippen LogP) is 4.49. The molecule has 0 fully saturated rings. The first-order chi connectivity index (χ1) is 8.11. The van der Waals surface area contributed by atoms with Gasteiger partial charge in [0.1, 0.15) is 6.07 Å². The molecule has 1 aromatic carbocycles. The number of halogens is 7. The van der Waals surface area contributed by atoms with Crippen LogP contribution in [0.4, 0.5) is 26.3 Å². The van der Waals surface area contributed by atoms with Crippen LogP contribution in [0.2, 0.25) is 0 Å². The lowest BCUT2D eigenvalue weighted by Crippen LogP contribution is -2.14. The normalized spacial score (nSPS) is 12.3. The molecule has 8 heteroatoms. The monoisotopic (exact) mass is 331 g/mol. The van der Waals surface area contributed by atoms with Crippen molar-refractivity contribution < 1.29 is 26.3 Å². The number of hydrogen-bond acceptors (Lipinski definition) is 1. The standard InChI is InChI=1S/C10H4BrF6N/c11-3-5-1-6(9(12,13)14)2-8(7(5)4-18)10(15,16)17/h1-2H,3H2. The van der Waals surface area contributed by atoms with Gasteiger partial charge in [0.05, 0.1) is 16.7 Å². The van der Waals surface area contributed by atoms with Crippen molar-refractivity contribution >= 4 is 15.9 Å². The molecule has 0 radical (unpaired) electrons. The van der Waals surface area contributed by atoms with Crippen molar-refractivity contribution in [2.45, 2.75) is 17.7 Å². The van der Waals surface area contributed by atoms with Crippen LogP contribution in [0.3, 0.4) is 0 Å². The van der Waals surface area contributed by atoms with Crippen molar-refractivity contribution in [1.29, 1.82) is 5.26 Å². The summed E-state index contributed by atoms with van der Waals surface area (Å²) in [6.45, 7) is 0. The minimum Gasteiger partial charge on any atom is -0.192 e. The zero-order valence-electron chi connectivity index (χ0n) is 8.45. The van der Waals surface area contributed by atoms with Gasteiger partial charge in [-0.2, -0.15) is 31.6 Å². The minimum absolute atomic E-state index is 0.0509. The van der Waals surface area contributed by atoms with Gasteiger partial charge in [-0.05, 0) is 17.7 Å². The van der Waals surface area contributed by atoms with E-state index in [1.165, 1.54) is 6.07 Å². The van der Waals surface area contributed by atoms with E-state index < -0.39 is 29.0 Å². The summed E-state index contributed by atoms with van der Waals surface area (Å²) in [7, 11) is 0. The van der Waals surface area contributed by atoms with Gasteiger partial charge in [-0.25, -0.2) is 0 Å². The molecule has 0 amide bonds. The largest absolute Gasteiger partial charge is 0.417 e. The van der Waals surface area contributed by atoms with E-state index in [2.05, 4.69) is 15.9 Å². The molecule has 0 aromatic heterocycles. The lowest BCUT2D eigenvalue weighted by atomic mass is 9.98. The SMILES string of the molecule is N#Cc1c(CBr)cc(C(F)(F)F)cc1C(F)(F)F. The number of nitriles is 1. The molecular weight excluding hydrogens is 328 g/mol. The lowest BCUT2D eigenvalue weighted by molar-refractivity contribution is -0.143. The van der Waals surface area contributed by atoms with Gasteiger partial charge < -0.3 is 0 Å². The molecule has 1 nitrogen and oxygen atoms in total. The highest BCUT2D eigenvalue weighted by Gasteiger charge is 2.39. The average Bonchev–Trinajstić information content (AvgIpc) is 2.24. The summed E-state index contributed by atoms with van der Waals surface area (Å²) in [5.41, 5.74) is -4.15. The molecule has 0 saturated heterocycles. The Hall–Kier alpha value is -1.23. The molecule has 0 saturated carbocycles.